The van der Waals surface area contributed by atoms with Crippen LogP contribution in [0.1, 0.15) is 46.7 Å². The Balaban J connectivity index is 1.46. The van der Waals surface area contributed by atoms with Crippen LogP contribution in [-0.2, 0) is 6.54 Å². The average Bonchev–Trinajstić information content (AvgIpc) is 3.29. The Morgan fingerprint density at radius 3 is 2.67 bits per heavy atom. The Hall–Kier alpha value is -2.47. The van der Waals surface area contributed by atoms with Gasteiger partial charge in [-0.25, -0.2) is 0 Å². The molecule has 1 atom stereocenters. The fraction of sp³-hybridized carbons (Fsp3) is 0.542. The molecule has 162 valence electrons. The summed E-state index contributed by atoms with van der Waals surface area (Å²) in [6, 6.07) is 7.92. The predicted molar refractivity (Wildman–Crippen MR) is 115 cm³/mol. The van der Waals surface area contributed by atoms with Crippen molar-refractivity contribution in [3.63, 3.8) is 0 Å². The summed E-state index contributed by atoms with van der Waals surface area (Å²) in [7, 11) is 3.37. The molecule has 1 spiro atoms. The number of carbonyl (C=O) groups excluding carboxylic acids is 1. The number of nitrogens with zero attached hydrogens (tertiary/aromatic N) is 2. The lowest BCUT2D eigenvalue weighted by atomic mass is 9.79. The van der Waals surface area contributed by atoms with Crippen molar-refractivity contribution in [1.82, 2.24) is 9.80 Å². The highest BCUT2D eigenvalue weighted by Gasteiger charge is 2.43. The number of piperidine rings is 1. The average molecular weight is 413 g/mol. The van der Waals surface area contributed by atoms with E-state index in [9.17, 15) is 4.79 Å². The van der Waals surface area contributed by atoms with Gasteiger partial charge in [0.05, 0.1) is 19.8 Å². The Morgan fingerprint density at radius 2 is 1.97 bits per heavy atom. The topological polar surface area (TPSA) is 55.2 Å². The van der Waals surface area contributed by atoms with Gasteiger partial charge in [-0.3, -0.25) is 9.69 Å². The van der Waals surface area contributed by atoms with Gasteiger partial charge in [0.15, 0.2) is 11.5 Å². The highest BCUT2D eigenvalue weighted by Crippen LogP contribution is 2.41. The quantitative estimate of drug-likeness (QED) is 0.742. The van der Waals surface area contributed by atoms with Crippen LogP contribution in [-0.4, -0.2) is 56.1 Å². The maximum absolute atomic E-state index is 13.1. The highest BCUT2D eigenvalue weighted by atomic mass is 16.5. The van der Waals surface area contributed by atoms with E-state index < -0.39 is 0 Å². The van der Waals surface area contributed by atoms with E-state index in [4.69, 9.17) is 13.9 Å². The second-order valence-corrected chi connectivity index (χ2v) is 8.77. The van der Waals surface area contributed by atoms with E-state index in [1.807, 2.05) is 36.9 Å². The van der Waals surface area contributed by atoms with Crippen LogP contribution >= 0.6 is 0 Å². The van der Waals surface area contributed by atoms with Gasteiger partial charge < -0.3 is 18.8 Å². The number of hydrogen-bond donors (Lipinski definition) is 0. The van der Waals surface area contributed by atoms with Crippen LogP contribution in [0.15, 0.2) is 28.7 Å². The predicted octanol–water partition coefficient (Wildman–Crippen LogP) is 4.04. The van der Waals surface area contributed by atoms with Gasteiger partial charge >= 0.3 is 0 Å². The number of aryl methyl sites for hydroxylation is 2. The highest BCUT2D eigenvalue weighted by molar-refractivity contribution is 5.95. The largest absolute Gasteiger partial charge is 0.493 e. The summed E-state index contributed by atoms with van der Waals surface area (Å²) in [5.74, 6) is 3.20. The van der Waals surface area contributed by atoms with Crippen molar-refractivity contribution >= 4 is 5.91 Å². The number of carbonyl (C=O) groups is 1. The summed E-state index contributed by atoms with van der Waals surface area (Å²) >= 11 is 0. The molecular formula is C24H32N2O4. The van der Waals surface area contributed by atoms with Crippen molar-refractivity contribution in [3.05, 3.63) is 46.9 Å². The Morgan fingerprint density at radius 1 is 1.13 bits per heavy atom. The molecule has 3 heterocycles. The van der Waals surface area contributed by atoms with Gasteiger partial charge in [-0.05, 0) is 51.8 Å². The maximum Gasteiger partial charge on any atom is 0.257 e. The standard InChI is InChI=1S/C24H32N2O4/c1-17-13-20(18(2)30-17)23(27)26-12-10-24(16-26)9-6-11-25(15-24)14-19-7-5-8-21(28-3)22(19)29-4/h5,7-8,13H,6,9-12,14-16H2,1-4H3. The van der Waals surface area contributed by atoms with E-state index >= 15 is 0 Å². The van der Waals surface area contributed by atoms with Crippen LogP contribution in [0.2, 0.25) is 0 Å². The molecule has 4 rings (SSSR count). The number of rotatable bonds is 5. The van der Waals surface area contributed by atoms with Gasteiger partial charge in [0.2, 0.25) is 0 Å². The molecule has 2 aromatic rings. The SMILES string of the molecule is COc1cccc(CN2CCCC3(CCN(C(=O)c4cc(C)oc4C)C3)C2)c1OC. The van der Waals surface area contributed by atoms with Crippen molar-refractivity contribution < 1.29 is 18.7 Å². The van der Waals surface area contributed by atoms with Gasteiger partial charge in [-0.1, -0.05) is 12.1 Å². The van der Waals surface area contributed by atoms with Crippen LogP contribution in [0, 0.1) is 19.3 Å². The number of hydrogen-bond acceptors (Lipinski definition) is 5. The summed E-state index contributed by atoms with van der Waals surface area (Å²) in [6.45, 7) is 8.30. The van der Waals surface area contributed by atoms with E-state index in [0.29, 0.717) is 11.3 Å². The summed E-state index contributed by atoms with van der Waals surface area (Å²) in [6.07, 6.45) is 3.38. The van der Waals surface area contributed by atoms with E-state index in [2.05, 4.69) is 11.0 Å². The molecule has 2 fully saturated rings. The molecular weight excluding hydrogens is 380 g/mol. The van der Waals surface area contributed by atoms with Gasteiger partial charge in [-0.2, -0.15) is 0 Å². The normalized spacial score (nSPS) is 21.9. The van der Waals surface area contributed by atoms with Crippen LogP contribution in [0.3, 0.4) is 0 Å². The Bertz CT molecular complexity index is 922. The minimum absolute atomic E-state index is 0.104. The van der Waals surface area contributed by atoms with E-state index in [1.54, 1.807) is 14.2 Å². The van der Waals surface area contributed by atoms with E-state index in [-0.39, 0.29) is 11.3 Å². The first-order valence-electron chi connectivity index (χ1n) is 10.7. The molecule has 6 nitrogen and oxygen atoms in total. The van der Waals surface area contributed by atoms with Crippen molar-refractivity contribution in [2.45, 2.75) is 39.7 Å². The molecule has 6 heteroatoms. The molecule has 0 radical (unpaired) electrons. The van der Waals surface area contributed by atoms with E-state index in [0.717, 1.165) is 68.4 Å². The second-order valence-electron chi connectivity index (χ2n) is 8.77. The summed E-state index contributed by atoms with van der Waals surface area (Å²) in [5.41, 5.74) is 2.02. The first-order chi connectivity index (χ1) is 14.4. The third-order valence-corrected chi connectivity index (χ3v) is 6.62. The molecule has 30 heavy (non-hydrogen) atoms. The summed E-state index contributed by atoms with van der Waals surface area (Å²) in [4.78, 5) is 17.6. The van der Waals surface area contributed by atoms with Crippen molar-refractivity contribution in [1.29, 1.82) is 0 Å². The van der Waals surface area contributed by atoms with Gasteiger partial charge in [-0.15, -0.1) is 0 Å². The van der Waals surface area contributed by atoms with Crippen molar-refractivity contribution in [2.24, 2.45) is 5.41 Å². The molecule has 2 saturated heterocycles. The fourth-order valence-corrected chi connectivity index (χ4v) is 5.22. The molecule has 1 aromatic heterocycles. The third-order valence-electron chi connectivity index (χ3n) is 6.62. The summed E-state index contributed by atoms with van der Waals surface area (Å²) in [5, 5.41) is 0. The molecule has 0 bridgehead atoms. The third kappa shape index (κ3) is 3.93. The van der Waals surface area contributed by atoms with Crippen LogP contribution in [0.25, 0.3) is 0 Å². The van der Waals surface area contributed by atoms with Crippen LogP contribution in [0.4, 0.5) is 0 Å². The molecule has 2 aliphatic heterocycles. The smallest absolute Gasteiger partial charge is 0.257 e. The van der Waals surface area contributed by atoms with Crippen molar-refractivity contribution in [2.75, 3.05) is 40.4 Å². The molecule has 2 aliphatic rings. The number of furan rings is 1. The molecule has 0 aliphatic carbocycles. The number of para-hydroxylation sites is 1. The van der Waals surface area contributed by atoms with E-state index in [1.165, 1.54) is 6.42 Å². The van der Waals surface area contributed by atoms with Gasteiger partial charge in [0.25, 0.3) is 5.91 Å². The molecule has 0 N–H and O–H groups in total. The first-order valence-corrected chi connectivity index (χ1v) is 10.7. The fourth-order valence-electron chi connectivity index (χ4n) is 5.22. The minimum Gasteiger partial charge on any atom is -0.493 e. The minimum atomic E-state index is 0.104. The lowest BCUT2D eigenvalue weighted by Gasteiger charge is -2.40. The van der Waals surface area contributed by atoms with Crippen LogP contribution in [0.5, 0.6) is 11.5 Å². The lowest BCUT2D eigenvalue weighted by Crippen LogP contribution is -2.45. The Labute approximate surface area is 178 Å². The maximum atomic E-state index is 13.1. The number of methoxy groups -OCH3 is 2. The zero-order valence-corrected chi connectivity index (χ0v) is 18.5. The van der Waals surface area contributed by atoms with Crippen molar-refractivity contribution in [3.8, 4) is 11.5 Å². The van der Waals surface area contributed by atoms with Gasteiger partial charge in [0.1, 0.15) is 11.5 Å². The number of benzene rings is 1. The second kappa shape index (κ2) is 8.34. The Kier molecular flexibility index (Phi) is 5.78. The number of ether oxygens (including phenoxy) is 2. The van der Waals surface area contributed by atoms with Gasteiger partial charge in [0, 0.05) is 37.2 Å². The molecule has 0 saturated carbocycles. The zero-order chi connectivity index (χ0) is 21.3. The molecule has 1 amide bonds. The summed E-state index contributed by atoms with van der Waals surface area (Å²) < 4.78 is 16.7. The monoisotopic (exact) mass is 412 g/mol. The first kappa shape index (κ1) is 20.8. The molecule has 1 unspecified atom stereocenters. The number of amides is 1. The lowest BCUT2D eigenvalue weighted by molar-refractivity contribution is 0.0672. The number of likely N-dealkylation sites (tertiary alicyclic amines) is 2. The molecule has 1 aromatic carbocycles. The zero-order valence-electron chi connectivity index (χ0n) is 18.5. The van der Waals surface area contributed by atoms with Crippen LogP contribution < -0.4 is 9.47 Å².